The molecule has 1 aliphatic rings. The van der Waals surface area contributed by atoms with Crippen LogP contribution in [-0.4, -0.2) is 13.5 Å². The summed E-state index contributed by atoms with van der Waals surface area (Å²) < 4.78 is 16.2. The van der Waals surface area contributed by atoms with Gasteiger partial charge in [0.15, 0.2) is 0 Å². The molecule has 0 heterocycles. The largest absolute Gasteiger partial charge is 0.445 e. The van der Waals surface area contributed by atoms with E-state index in [1.165, 1.54) is 0 Å². The van der Waals surface area contributed by atoms with Crippen molar-refractivity contribution in [1.29, 1.82) is 0 Å². The molecule has 0 bridgehead atoms. The first-order valence-electron chi connectivity index (χ1n) is 4.88. The smallest absolute Gasteiger partial charge is 0.149 e. The summed E-state index contributed by atoms with van der Waals surface area (Å²) in [6.07, 6.45) is 2.23. The van der Waals surface area contributed by atoms with E-state index in [2.05, 4.69) is 37.9 Å². The molecule has 0 radical (unpaired) electrons. The summed E-state index contributed by atoms with van der Waals surface area (Å²) in [4.78, 5) is 0. The predicted molar refractivity (Wildman–Crippen MR) is 60.7 cm³/mol. The van der Waals surface area contributed by atoms with E-state index < -0.39 is 18.8 Å². The molecule has 0 saturated heterocycles. The Morgan fingerprint density at radius 1 is 1.31 bits per heavy atom. The summed E-state index contributed by atoms with van der Waals surface area (Å²) in [5, 5.41) is 0.617. The summed E-state index contributed by atoms with van der Waals surface area (Å²) in [7, 11) is -2.56. The standard InChI is InChI=1S/C9H20NOSSi/c1-9(2,3)13(4,5)10-12(11)8-6-7-8/h8H,6-7H2,1-5H3/q-1. The highest BCUT2D eigenvalue weighted by molar-refractivity contribution is 7.76. The molecule has 13 heavy (non-hydrogen) atoms. The van der Waals surface area contributed by atoms with Gasteiger partial charge in [-0.3, -0.25) is 0 Å². The molecule has 4 heteroatoms. The number of nitrogens with zero attached hydrogens (tertiary/aromatic N) is 1. The van der Waals surface area contributed by atoms with E-state index in [1.54, 1.807) is 0 Å². The van der Waals surface area contributed by atoms with Crippen LogP contribution >= 0.6 is 0 Å². The van der Waals surface area contributed by atoms with E-state index in [9.17, 15) is 4.21 Å². The Kier molecular flexibility index (Phi) is 2.93. The minimum atomic E-state index is -1.67. The van der Waals surface area contributed by atoms with Crippen molar-refractivity contribution in [2.24, 2.45) is 4.03 Å². The first kappa shape index (κ1) is 11.2. The van der Waals surface area contributed by atoms with E-state index in [1.807, 2.05) is 0 Å². The van der Waals surface area contributed by atoms with Crippen LogP contribution in [0.25, 0.3) is 0 Å². The zero-order chi connectivity index (χ0) is 10.3. The Morgan fingerprint density at radius 2 is 1.77 bits per heavy atom. The molecule has 0 amide bonds. The van der Waals surface area contributed by atoms with Crippen molar-refractivity contribution in [2.75, 3.05) is 0 Å². The summed E-state index contributed by atoms with van der Waals surface area (Å²) in [6.45, 7) is 11.0. The highest BCUT2D eigenvalue weighted by Gasteiger charge is 2.33. The number of hydrogen-bond donors (Lipinski definition) is 0. The molecule has 0 unspecified atom stereocenters. The normalized spacial score (nSPS) is 21.9. The summed E-state index contributed by atoms with van der Waals surface area (Å²) >= 11 is 0. The second-order valence-corrected chi connectivity index (χ2v) is 11.9. The van der Waals surface area contributed by atoms with Crippen LogP contribution in [0.15, 0.2) is 4.03 Å². The molecule has 0 aromatic carbocycles. The van der Waals surface area contributed by atoms with Gasteiger partial charge in [0.25, 0.3) is 0 Å². The lowest BCUT2D eigenvalue weighted by atomic mass is 10.2. The maximum absolute atomic E-state index is 11.6. The van der Waals surface area contributed by atoms with Crippen molar-refractivity contribution in [3.05, 3.63) is 0 Å². The van der Waals surface area contributed by atoms with Crippen molar-refractivity contribution < 1.29 is 4.21 Å². The van der Waals surface area contributed by atoms with Crippen LogP contribution in [0.3, 0.4) is 0 Å². The molecule has 78 valence electrons. The minimum absolute atomic E-state index is 0.220. The van der Waals surface area contributed by atoms with Crippen molar-refractivity contribution in [2.45, 2.75) is 57.0 Å². The van der Waals surface area contributed by atoms with Gasteiger partial charge in [-0.15, -0.1) is 0 Å². The average molecular weight is 218 g/mol. The van der Waals surface area contributed by atoms with Gasteiger partial charge in [-0.1, -0.05) is 52.0 Å². The topological polar surface area (TPSA) is 29.4 Å². The van der Waals surface area contributed by atoms with Gasteiger partial charge in [0.1, 0.15) is 8.24 Å². The van der Waals surface area contributed by atoms with Crippen LogP contribution < -0.4 is 0 Å². The van der Waals surface area contributed by atoms with Gasteiger partial charge in [0.2, 0.25) is 0 Å². The van der Waals surface area contributed by atoms with Crippen LogP contribution in [0.4, 0.5) is 0 Å². The molecule has 0 N–H and O–H groups in total. The van der Waals surface area contributed by atoms with Gasteiger partial charge in [-0.25, -0.2) is 0 Å². The van der Waals surface area contributed by atoms with Crippen molar-refractivity contribution in [3.8, 4) is 0 Å². The third-order valence-electron chi connectivity index (χ3n) is 2.96. The Hall–Kier alpha value is 0.167. The van der Waals surface area contributed by atoms with Gasteiger partial charge in [-0.05, 0) is 5.04 Å². The molecule has 1 fully saturated rings. The lowest BCUT2D eigenvalue weighted by molar-refractivity contribution is 0.599. The lowest BCUT2D eigenvalue weighted by Gasteiger charge is -2.35. The van der Waals surface area contributed by atoms with Crippen LogP contribution in [0.5, 0.6) is 0 Å². The van der Waals surface area contributed by atoms with Crippen LogP contribution in [0, 0.1) is 0 Å². The fourth-order valence-electron chi connectivity index (χ4n) is 0.706. The molecular weight excluding hydrogens is 198 g/mol. The molecule has 0 aliphatic heterocycles. The van der Waals surface area contributed by atoms with Gasteiger partial charge in [0.05, 0.1) is 0 Å². The summed E-state index contributed by atoms with van der Waals surface area (Å²) in [6, 6.07) is 0. The van der Waals surface area contributed by atoms with Gasteiger partial charge < -0.3 is 8.24 Å². The minimum Gasteiger partial charge on any atom is -0.445 e. The summed E-state index contributed by atoms with van der Waals surface area (Å²) in [5.74, 6) is 0. The fourth-order valence-corrected chi connectivity index (χ4v) is 4.74. The Morgan fingerprint density at radius 3 is 2.08 bits per heavy atom. The van der Waals surface area contributed by atoms with E-state index >= 15 is 0 Å². The SMILES string of the molecule is CC(C)(C)[Si](C)(C)N=[S-](=O)C1CC1. The molecular formula is C9H20NOSSi-. The van der Waals surface area contributed by atoms with Crippen LogP contribution in [0.2, 0.25) is 18.1 Å². The first-order valence-corrected chi connectivity index (χ1v) is 8.99. The van der Waals surface area contributed by atoms with Crippen molar-refractivity contribution >= 4 is 18.8 Å². The van der Waals surface area contributed by atoms with Crippen LogP contribution in [-0.2, 0) is 14.8 Å². The first-order chi connectivity index (χ1) is 5.74. The Bertz CT molecular complexity index is 270. The van der Waals surface area contributed by atoms with E-state index in [-0.39, 0.29) is 5.04 Å². The Labute approximate surface area is 84.4 Å². The zero-order valence-electron chi connectivity index (χ0n) is 9.26. The maximum Gasteiger partial charge on any atom is 0.149 e. The molecule has 0 spiro atoms. The number of rotatable bonds is 2. The molecule has 1 aliphatic carbocycles. The van der Waals surface area contributed by atoms with E-state index in [4.69, 9.17) is 0 Å². The zero-order valence-corrected chi connectivity index (χ0v) is 11.1. The van der Waals surface area contributed by atoms with Crippen molar-refractivity contribution in [1.82, 2.24) is 0 Å². The second kappa shape index (κ2) is 3.39. The fraction of sp³-hybridized carbons (Fsp3) is 1.00. The third-order valence-corrected chi connectivity index (χ3v) is 10.2. The van der Waals surface area contributed by atoms with E-state index in [0.717, 1.165) is 12.8 Å². The third kappa shape index (κ3) is 2.81. The quantitative estimate of drug-likeness (QED) is 0.516. The molecule has 1 rings (SSSR count). The highest BCUT2D eigenvalue weighted by Crippen LogP contribution is 2.38. The van der Waals surface area contributed by atoms with E-state index in [0.29, 0.717) is 5.25 Å². The monoisotopic (exact) mass is 218 g/mol. The molecule has 0 aromatic heterocycles. The molecule has 1 saturated carbocycles. The van der Waals surface area contributed by atoms with Gasteiger partial charge in [0, 0.05) is 0 Å². The second-order valence-electron chi connectivity index (χ2n) is 5.38. The summed E-state index contributed by atoms with van der Waals surface area (Å²) in [5.41, 5.74) is 0. The lowest BCUT2D eigenvalue weighted by Crippen LogP contribution is -2.35. The Balaban J connectivity index is 2.81. The predicted octanol–water partition coefficient (Wildman–Crippen LogP) is 3.30. The van der Waals surface area contributed by atoms with Crippen molar-refractivity contribution in [3.63, 3.8) is 0 Å². The maximum atomic E-state index is 11.6. The van der Waals surface area contributed by atoms with Gasteiger partial charge in [-0.2, -0.15) is 10.6 Å². The molecule has 2 nitrogen and oxygen atoms in total. The average Bonchev–Trinajstić information content (AvgIpc) is 2.62. The van der Waals surface area contributed by atoms with Crippen LogP contribution in [0.1, 0.15) is 33.6 Å². The molecule has 0 aromatic rings. The number of hydrogen-bond acceptors (Lipinski definition) is 3. The highest BCUT2D eigenvalue weighted by atomic mass is 32.2. The van der Waals surface area contributed by atoms with Gasteiger partial charge >= 0.3 is 0 Å². The molecule has 0 atom stereocenters.